The lowest BCUT2D eigenvalue weighted by Gasteiger charge is -2.09. The minimum absolute atomic E-state index is 0.0744. The Kier molecular flexibility index (Phi) is 1.96. The second-order valence-electron chi connectivity index (χ2n) is 3.04. The number of aromatic hydroxyl groups is 1. The maximum Gasteiger partial charge on any atom is 0.231 e. The second-order valence-corrected chi connectivity index (χ2v) is 3.04. The number of rotatable bonds is 1. The number of phenols is 1. The molecule has 1 heterocycles. The van der Waals surface area contributed by atoms with Crippen LogP contribution in [0.15, 0.2) is 6.07 Å². The molecule has 1 unspecified atom stereocenters. The highest BCUT2D eigenvalue weighted by atomic mass is 19.1. The number of benzene rings is 1. The first kappa shape index (κ1) is 9.08. The highest BCUT2D eigenvalue weighted by Gasteiger charge is 2.25. The molecule has 4 nitrogen and oxygen atoms in total. The molecule has 0 aliphatic carbocycles. The van der Waals surface area contributed by atoms with Gasteiger partial charge in [-0.3, -0.25) is 0 Å². The summed E-state index contributed by atoms with van der Waals surface area (Å²) in [7, 11) is 0. The van der Waals surface area contributed by atoms with E-state index in [1.165, 1.54) is 13.0 Å². The number of phenolic OH excluding ortho intramolecular Hbond substituents is 1. The lowest BCUT2D eigenvalue weighted by atomic mass is 10.1. The average molecular weight is 200 g/mol. The Hall–Kier alpha value is -1.49. The molecule has 0 saturated heterocycles. The Morgan fingerprint density at radius 1 is 1.50 bits per heavy atom. The van der Waals surface area contributed by atoms with Crippen molar-refractivity contribution in [2.45, 2.75) is 13.0 Å². The van der Waals surface area contributed by atoms with Gasteiger partial charge in [-0.05, 0) is 13.0 Å². The summed E-state index contributed by atoms with van der Waals surface area (Å²) in [5.74, 6) is -1.39. The van der Waals surface area contributed by atoms with Crippen LogP contribution in [-0.4, -0.2) is 17.0 Å². The Morgan fingerprint density at radius 2 is 2.21 bits per heavy atom. The molecule has 1 atom stereocenters. The fourth-order valence-corrected chi connectivity index (χ4v) is 1.33. The highest BCUT2D eigenvalue weighted by molar-refractivity contribution is 5.53. The summed E-state index contributed by atoms with van der Waals surface area (Å²) in [4.78, 5) is 0. The summed E-state index contributed by atoms with van der Waals surface area (Å²) in [6.45, 7) is 1.35. The molecule has 0 aromatic heterocycles. The van der Waals surface area contributed by atoms with E-state index >= 15 is 0 Å². The summed E-state index contributed by atoms with van der Waals surface area (Å²) < 4.78 is 23.1. The van der Waals surface area contributed by atoms with E-state index in [-0.39, 0.29) is 23.9 Å². The summed E-state index contributed by atoms with van der Waals surface area (Å²) >= 11 is 0. The Labute approximate surface area is 79.5 Å². The van der Waals surface area contributed by atoms with Crippen molar-refractivity contribution in [2.24, 2.45) is 0 Å². The third-order valence-electron chi connectivity index (χ3n) is 2.06. The zero-order chi connectivity index (χ0) is 10.3. The molecule has 1 aliphatic rings. The van der Waals surface area contributed by atoms with E-state index in [2.05, 4.69) is 0 Å². The SMILES string of the molecule is CC(O)c1cc2c(c(F)c1O)OCO2. The van der Waals surface area contributed by atoms with Crippen molar-refractivity contribution >= 4 is 0 Å². The molecule has 5 heteroatoms. The van der Waals surface area contributed by atoms with Crippen molar-refractivity contribution in [1.82, 2.24) is 0 Å². The normalized spacial score (nSPS) is 15.6. The van der Waals surface area contributed by atoms with E-state index < -0.39 is 17.7 Å². The van der Waals surface area contributed by atoms with Gasteiger partial charge in [-0.25, -0.2) is 0 Å². The largest absolute Gasteiger partial charge is 0.504 e. The molecule has 1 aliphatic heterocycles. The number of fused-ring (bicyclic) bond motifs is 1. The summed E-state index contributed by atoms with van der Waals surface area (Å²) in [5, 5.41) is 18.6. The molecule has 76 valence electrons. The van der Waals surface area contributed by atoms with Crippen LogP contribution in [0, 0.1) is 5.82 Å². The van der Waals surface area contributed by atoms with Crippen molar-refractivity contribution < 1.29 is 24.1 Å². The Bertz CT molecular complexity index is 376. The van der Waals surface area contributed by atoms with Crippen LogP contribution in [0.1, 0.15) is 18.6 Å². The van der Waals surface area contributed by atoms with Crippen LogP contribution in [0.25, 0.3) is 0 Å². The number of hydrogen-bond acceptors (Lipinski definition) is 4. The fourth-order valence-electron chi connectivity index (χ4n) is 1.33. The third-order valence-corrected chi connectivity index (χ3v) is 2.06. The third kappa shape index (κ3) is 1.17. The monoisotopic (exact) mass is 200 g/mol. The average Bonchev–Trinajstić information content (AvgIpc) is 2.58. The molecule has 1 aromatic rings. The smallest absolute Gasteiger partial charge is 0.231 e. The Balaban J connectivity index is 2.61. The maximum atomic E-state index is 13.4. The minimum Gasteiger partial charge on any atom is -0.504 e. The first-order valence-corrected chi connectivity index (χ1v) is 4.10. The molecule has 0 fully saturated rings. The van der Waals surface area contributed by atoms with Crippen LogP contribution in [0.5, 0.6) is 17.2 Å². The molecule has 0 radical (unpaired) electrons. The van der Waals surface area contributed by atoms with E-state index in [1.807, 2.05) is 0 Å². The Morgan fingerprint density at radius 3 is 2.86 bits per heavy atom. The van der Waals surface area contributed by atoms with Crippen LogP contribution < -0.4 is 9.47 Å². The van der Waals surface area contributed by atoms with Crippen molar-refractivity contribution in [3.63, 3.8) is 0 Å². The fraction of sp³-hybridized carbons (Fsp3) is 0.333. The van der Waals surface area contributed by atoms with Gasteiger partial charge in [0.1, 0.15) is 0 Å². The molecule has 1 aromatic carbocycles. The van der Waals surface area contributed by atoms with E-state index in [9.17, 15) is 14.6 Å². The van der Waals surface area contributed by atoms with Gasteiger partial charge < -0.3 is 19.7 Å². The van der Waals surface area contributed by atoms with Gasteiger partial charge in [0.25, 0.3) is 0 Å². The zero-order valence-electron chi connectivity index (χ0n) is 7.45. The van der Waals surface area contributed by atoms with Crippen LogP contribution in [0.3, 0.4) is 0 Å². The van der Waals surface area contributed by atoms with Gasteiger partial charge in [0, 0.05) is 5.56 Å². The number of hydrogen-bond donors (Lipinski definition) is 2. The van der Waals surface area contributed by atoms with Gasteiger partial charge >= 0.3 is 0 Å². The van der Waals surface area contributed by atoms with Crippen molar-refractivity contribution in [3.8, 4) is 17.2 Å². The number of aliphatic hydroxyl groups is 1. The predicted molar refractivity (Wildman–Crippen MR) is 44.8 cm³/mol. The molecule has 0 saturated carbocycles. The topological polar surface area (TPSA) is 58.9 Å². The van der Waals surface area contributed by atoms with Gasteiger partial charge in [-0.15, -0.1) is 0 Å². The van der Waals surface area contributed by atoms with E-state index in [4.69, 9.17) is 9.47 Å². The van der Waals surface area contributed by atoms with Crippen LogP contribution in [-0.2, 0) is 0 Å². The van der Waals surface area contributed by atoms with E-state index in [1.54, 1.807) is 0 Å². The first-order chi connectivity index (χ1) is 6.61. The lowest BCUT2D eigenvalue weighted by Crippen LogP contribution is -1.94. The van der Waals surface area contributed by atoms with Gasteiger partial charge in [0.2, 0.25) is 18.4 Å². The van der Waals surface area contributed by atoms with Crippen LogP contribution >= 0.6 is 0 Å². The zero-order valence-corrected chi connectivity index (χ0v) is 7.45. The number of ether oxygens (including phenoxy) is 2. The van der Waals surface area contributed by atoms with E-state index in [0.717, 1.165) is 0 Å². The summed E-state index contributed by atoms with van der Waals surface area (Å²) in [6, 6.07) is 1.37. The minimum atomic E-state index is -0.959. The molecule has 0 spiro atoms. The molecule has 0 bridgehead atoms. The van der Waals surface area contributed by atoms with Gasteiger partial charge in [0.15, 0.2) is 11.5 Å². The molecule has 14 heavy (non-hydrogen) atoms. The molecule has 0 amide bonds. The molecule has 2 rings (SSSR count). The first-order valence-electron chi connectivity index (χ1n) is 4.10. The molecular formula is C9H9FO4. The highest BCUT2D eigenvalue weighted by Crippen LogP contribution is 2.43. The van der Waals surface area contributed by atoms with Crippen LogP contribution in [0.2, 0.25) is 0 Å². The summed E-state index contributed by atoms with van der Waals surface area (Å²) in [5.41, 5.74) is 0.0896. The van der Waals surface area contributed by atoms with Crippen molar-refractivity contribution in [3.05, 3.63) is 17.4 Å². The maximum absolute atomic E-state index is 13.4. The second kappa shape index (κ2) is 3.02. The van der Waals surface area contributed by atoms with Gasteiger partial charge in [0.05, 0.1) is 6.10 Å². The lowest BCUT2D eigenvalue weighted by molar-refractivity contribution is 0.170. The van der Waals surface area contributed by atoms with E-state index in [0.29, 0.717) is 0 Å². The molecule has 2 N–H and O–H groups in total. The summed E-state index contributed by atoms with van der Waals surface area (Å²) in [6.07, 6.45) is -0.959. The number of halogens is 1. The predicted octanol–water partition coefficient (Wildman–Crippen LogP) is 1.31. The van der Waals surface area contributed by atoms with Crippen molar-refractivity contribution in [1.29, 1.82) is 0 Å². The van der Waals surface area contributed by atoms with Crippen molar-refractivity contribution in [2.75, 3.05) is 6.79 Å². The van der Waals surface area contributed by atoms with Gasteiger partial charge in [-0.2, -0.15) is 4.39 Å². The van der Waals surface area contributed by atoms with Gasteiger partial charge in [-0.1, -0.05) is 0 Å². The number of aliphatic hydroxyl groups excluding tert-OH is 1. The quantitative estimate of drug-likeness (QED) is 0.717. The molecular weight excluding hydrogens is 191 g/mol. The standard InChI is InChI=1S/C9H9FO4/c1-4(11)5-2-6-9(14-3-13-6)7(10)8(5)12/h2,4,11-12H,3H2,1H3. The van der Waals surface area contributed by atoms with Crippen LogP contribution in [0.4, 0.5) is 4.39 Å².